The summed E-state index contributed by atoms with van der Waals surface area (Å²) in [6.45, 7) is 2.73. The van der Waals surface area contributed by atoms with Crippen molar-refractivity contribution in [3.05, 3.63) is 44.1 Å². The number of aliphatic hydroxyl groups excluding tert-OH is 4. The summed E-state index contributed by atoms with van der Waals surface area (Å²) in [4.78, 5) is 34.0. The van der Waals surface area contributed by atoms with Crippen LogP contribution >= 0.6 is 12.4 Å². The molecule has 2 heterocycles. The molecule has 1 aromatic rings. The normalized spacial score (nSPS) is 14.1. The molecule has 0 radical (unpaired) electrons. The SMILES string of the molecule is Cc1cc2nc3c(=O)[nH]c(=O)nc-3n(C[C@H](O)[C@H](O)[C@H](O)CO)c2cc1C.Cl.[Ca+2].[H-].[H-]. The number of aromatic amines is 1. The second-order valence-electron chi connectivity index (χ2n) is 6.50. The smallest absolute Gasteiger partial charge is 1.00 e. The number of hydrogen-bond donors (Lipinski definition) is 5. The Labute approximate surface area is 204 Å². The molecule has 2 aliphatic rings. The van der Waals surface area contributed by atoms with Crippen molar-refractivity contribution in [2.24, 2.45) is 0 Å². The average Bonchev–Trinajstić information content (AvgIpc) is 2.62. The van der Waals surface area contributed by atoms with Crippen molar-refractivity contribution in [1.82, 2.24) is 19.5 Å². The Morgan fingerprint density at radius 3 is 2.34 bits per heavy atom. The summed E-state index contributed by atoms with van der Waals surface area (Å²) in [7, 11) is 0. The van der Waals surface area contributed by atoms with Gasteiger partial charge in [0.05, 0.1) is 24.2 Å². The standard InChI is InChI=1S/C17H20N4O6.Ca.ClH.2H/c1-7-3-9-10(4-8(7)2)21(5-11(23)14(25)12(24)6-22)15-13(18-9)16(26)20-17(27)19-15;;;;/h3-4,11-12,14,22-25H,5-6H2,1-2H3,(H,20,26,27);;1H;;/q;+2;;2*-1/t11-,12+,14-;;;;/m0..../s1. The molecule has 0 unspecified atom stereocenters. The third-order valence-electron chi connectivity index (χ3n) is 4.57. The predicted molar refractivity (Wildman–Crippen MR) is 111 cm³/mol. The number of nitrogens with zero attached hydrogens (tertiary/aromatic N) is 3. The number of hydrogen-bond acceptors (Lipinski definition) is 8. The number of fused-ring (bicyclic) bond motifs is 2. The number of benzene rings is 1. The molecule has 12 heteroatoms. The van der Waals surface area contributed by atoms with E-state index in [4.69, 9.17) is 5.11 Å². The van der Waals surface area contributed by atoms with Crippen molar-refractivity contribution >= 4 is 61.2 Å². The number of nitrogens with one attached hydrogen (secondary N) is 1. The van der Waals surface area contributed by atoms with Gasteiger partial charge in [0.25, 0.3) is 5.56 Å². The van der Waals surface area contributed by atoms with E-state index in [0.29, 0.717) is 11.0 Å². The van der Waals surface area contributed by atoms with Gasteiger partial charge in [-0.15, -0.1) is 12.4 Å². The van der Waals surface area contributed by atoms with Crippen LogP contribution in [0.25, 0.3) is 22.6 Å². The van der Waals surface area contributed by atoms with E-state index in [0.717, 1.165) is 11.1 Å². The maximum atomic E-state index is 12.2. The molecular weight excluding hydrogens is 432 g/mol. The van der Waals surface area contributed by atoms with E-state index in [9.17, 15) is 24.9 Å². The molecule has 0 spiro atoms. The van der Waals surface area contributed by atoms with E-state index >= 15 is 0 Å². The molecule has 0 saturated heterocycles. The summed E-state index contributed by atoms with van der Waals surface area (Å²) in [6.07, 6.45) is -4.68. The topological polar surface area (TPSA) is 162 Å². The maximum Gasteiger partial charge on any atom is 2.00 e. The van der Waals surface area contributed by atoms with Crippen LogP contribution in [0.1, 0.15) is 14.0 Å². The minimum Gasteiger partial charge on any atom is -1.00 e. The molecular formula is C17H23CaClN4O6. The van der Waals surface area contributed by atoms with Crippen molar-refractivity contribution in [2.75, 3.05) is 6.61 Å². The summed E-state index contributed by atoms with van der Waals surface area (Å²) >= 11 is 0. The molecule has 3 rings (SSSR count). The number of aromatic nitrogens is 4. The second kappa shape index (κ2) is 10.3. The number of halogens is 1. The van der Waals surface area contributed by atoms with E-state index < -0.39 is 36.2 Å². The molecule has 0 fully saturated rings. The molecule has 5 N–H and O–H groups in total. The zero-order valence-corrected chi connectivity index (χ0v) is 18.9. The zero-order valence-electron chi connectivity index (χ0n) is 17.9. The van der Waals surface area contributed by atoms with Crippen LogP contribution in [0, 0.1) is 13.8 Å². The van der Waals surface area contributed by atoms with E-state index in [-0.39, 0.29) is 71.1 Å². The number of rotatable bonds is 5. The van der Waals surface area contributed by atoms with Gasteiger partial charge in [-0.05, 0) is 37.1 Å². The van der Waals surface area contributed by atoms with Gasteiger partial charge in [0.2, 0.25) is 0 Å². The summed E-state index contributed by atoms with van der Waals surface area (Å²) in [5.41, 5.74) is 1.11. The monoisotopic (exact) mass is 454 g/mol. The molecule has 3 atom stereocenters. The quantitative estimate of drug-likeness (QED) is 0.231. The number of aliphatic hydroxyl groups is 4. The average molecular weight is 455 g/mol. The molecule has 0 aromatic heterocycles. The van der Waals surface area contributed by atoms with Gasteiger partial charge in [-0.3, -0.25) is 9.78 Å². The van der Waals surface area contributed by atoms with E-state index in [1.54, 1.807) is 12.1 Å². The van der Waals surface area contributed by atoms with Crippen molar-refractivity contribution < 1.29 is 23.3 Å². The Kier molecular flexibility index (Phi) is 9.18. The van der Waals surface area contributed by atoms with Crippen molar-refractivity contribution in [2.45, 2.75) is 38.7 Å². The molecule has 0 aliphatic carbocycles. The predicted octanol–water partition coefficient (Wildman–Crippen LogP) is -1.46. The van der Waals surface area contributed by atoms with Gasteiger partial charge in [0, 0.05) is 0 Å². The summed E-state index contributed by atoms with van der Waals surface area (Å²) < 4.78 is 1.40. The molecule has 10 nitrogen and oxygen atoms in total. The van der Waals surface area contributed by atoms with Gasteiger partial charge in [0.1, 0.15) is 18.3 Å². The summed E-state index contributed by atoms with van der Waals surface area (Å²) in [5, 5.41) is 38.8. The van der Waals surface area contributed by atoms with Gasteiger partial charge in [0.15, 0.2) is 11.5 Å². The van der Waals surface area contributed by atoms with E-state index in [1.807, 2.05) is 13.8 Å². The second-order valence-corrected chi connectivity index (χ2v) is 6.50. The summed E-state index contributed by atoms with van der Waals surface area (Å²) in [6, 6.07) is 3.53. The van der Waals surface area contributed by atoms with E-state index in [2.05, 4.69) is 15.0 Å². The summed E-state index contributed by atoms with van der Waals surface area (Å²) in [5.74, 6) is -0.0516. The molecule has 156 valence electrons. The Hall–Kier alpha value is -1.11. The first-order valence-corrected chi connectivity index (χ1v) is 8.29. The van der Waals surface area contributed by atoms with Gasteiger partial charge < -0.3 is 27.8 Å². The van der Waals surface area contributed by atoms with Crippen LogP contribution in [-0.2, 0) is 6.54 Å². The molecule has 0 saturated carbocycles. The Balaban J connectivity index is 0. The third kappa shape index (κ3) is 5.15. The van der Waals surface area contributed by atoms with Crippen LogP contribution in [0.4, 0.5) is 0 Å². The van der Waals surface area contributed by atoms with Gasteiger partial charge in [-0.2, -0.15) is 4.98 Å². The number of H-pyrrole nitrogens is 1. The van der Waals surface area contributed by atoms with Crippen LogP contribution in [0.3, 0.4) is 0 Å². The van der Waals surface area contributed by atoms with Gasteiger partial charge in [-0.25, -0.2) is 9.78 Å². The van der Waals surface area contributed by atoms with Crippen LogP contribution in [0.2, 0.25) is 0 Å². The van der Waals surface area contributed by atoms with Crippen LogP contribution in [0.15, 0.2) is 21.7 Å². The Morgan fingerprint density at radius 1 is 1.10 bits per heavy atom. The fourth-order valence-electron chi connectivity index (χ4n) is 2.89. The molecule has 2 aliphatic heterocycles. The number of aryl methyl sites for hydroxylation is 2. The zero-order chi connectivity index (χ0) is 19.9. The molecule has 1 aromatic carbocycles. The maximum absolute atomic E-state index is 12.2. The third-order valence-corrected chi connectivity index (χ3v) is 4.57. The minimum atomic E-state index is -1.64. The molecule has 29 heavy (non-hydrogen) atoms. The van der Waals surface area contributed by atoms with Crippen LogP contribution in [-0.4, -0.2) is 103 Å². The molecule has 0 bridgehead atoms. The van der Waals surface area contributed by atoms with Gasteiger partial charge >= 0.3 is 43.4 Å². The fourth-order valence-corrected chi connectivity index (χ4v) is 2.89. The first kappa shape index (κ1) is 25.9. The van der Waals surface area contributed by atoms with Crippen LogP contribution < -0.4 is 11.2 Å². The van der Waals surface area contributed by atoms with Crippen molar-refractivity contribution in [1.29, 1.82) is 0 Å². The first-order chi connectivity index (χ1) is 12.7. The molecule has 0 amide bonds. The Morgan fingerprint density at radius 2 is 1.72 bits per heavy atom. The largest absolute Gasteiger partial charge is 2.00 e. The van der Waals surface area contributed by atoms with E-state index in [1.165, 1.54) is 4.57 Å². The fraction of sp³-hybridized carbons (Fsp3) is 0.412. The van der Waals surface area contributed by atoms with Gasteiger partial charge in [-0.1, -0.05) is 0 Å². The van der Waals surface area contributed by atoms with Crippen molar-refractivity contribution in [3.63, 3.8) is 0 Å². The van der Waals surface area contributed by atoms with Crippen LogP contribution in [0.5, 0.6) is 0 Å². The van der Waals surface area contributed by atoms with Crippen molar-refractivity contribution in [3.8, 4) is 11.5 Å². The first-order valence-electron chi connectivity index (χ1n) is 8.29. The Bertz CT molecular complexity index is 1100. The minimum absolute atomic E-state index is 0.